The SMILES string of the molecule is Cc1nc([C@@H]2CCCN(C(=O)[C@H]3C[C@@H]3c3ccccc3F)C2)no1. The zero-order valence-corrected chi connectivity index (χ0v) is 13.6. The van der Waals surface area contributed by atoms with Crippen LogP contribution in [0.15, 0.2) is 28.8 Å². The Balaban J connectivity index is 1.43. The van der Waals surface area contributed by atoms with E-state index in [1.165, 1.54) is 6.07 Å². The molecule has 1 saturated carbocycles. The normalized spacial score (nSPS) is 26.4. The number of likely N-dealkylation sites (tertiary alicyclic amines) is 1. The van der Waals surface area contributed by atoms with E-state index in [4.69, 9.17) is 4.52 Å². The summed E-state index contributed by atoms with van der Waals surface area (Å²) in [5.74, 6) is 1.22. The Kier molecular flexibility index (Phi) is 3.82. The average Bonchev–Trinajstić information content (AvgIpc) is 3.27. The van der Waals surface area contributed by atoms with Crippen molar-refractivity contribution in [2.75, 3.05) is 13.1 Å². The van der Waals surface area contributed by atoms with Crippen molar-refractivity contribution in [2.24, 2.45) is 5.92 Å². The molecule has 1 aliphatic heterocycles. The predicted molar refractivity (Wildman–Crippen MR) is 84.8 cm³/mol. The quantitative estimate of drug-likeness (QED) is 0.868. The van der Waals surface area contributed by atoms with Gasteiger partial charge in [-0.3, -0.25) is 4.79 Å². The molecule has 4 rings (SSSR count). The lowest BCUT2D eigenvalue weighted by Crippen LogP contribution is -2.40. The van der Waals surface area contributed by atoms with E-state index in [9.17, 15) is 9.18 Å². The van der Waals surface area contributed by atoms with Gasteiger partial charge in [0.2, 0.25) is 11.8 Å². The minimum atomic E-state index is -0.211. The molecule has 0 spiro atoms. The number of nitrogens with zero attached hydrogens (tertiary/aromatic N) is 3. The van der Waals surface area contributed by atoms with E-state index in [-0.39, 0.29) is 29.5 Å². The second-order valence-electron chi connectivity index (χ2n) is 6.77. The summed E-state index contributed by atoms with van der Waals surface area (Å²) in [6.45, 7) is 3.15. The molecule has 2 fully saturated rings. The fraction of sp³-hybridized carbons (Fsp3) is 0.500. The summed E-state index contributed by atoms with van der Waals surface area (Å²) in [7, 11) is 0. The minimum Gasteiger partial charge on any atom is -0.342 e. The van der Waals surface area contributed by atoms with E-state index in [0.29, 0.717) is 23.8 Å². The number of benzene rings is 1. The highest BCUT2D eigenvalue weighted by Gasteiger charge is 2.47. The Hall–Kier alpha value is -2.24. The lowest BCUT2D eigenvalue weighted by atomic mass is 9.96. The first-order valence-corrected chi connectivity index (χ1v) is 8.47. The summed E-state index contributed by atoms with van der Waals surface area (Å²) in [4.78, 5) is 19.0. The van der Waals surface area contributed by atoms with Gasteiger partial charge in [0.05, 0.1) is 0 Å². The van der Waals surface area contributed by atoms with Gasteiger partial charge in [0.25, 0.3) is 0 Å². The van der Waals surface area contributed by atoms with Crippen LogP contribution in [0.25, 0.3) is 0 Å². The number of piperidine rings is 1. The van der Waals surface area contributed by atoms with Crippen molar-refractivity contribution in [3.8, 4) is 0 Å². The highest BCUT2D eigenvalue weighted by Crippen LogP contribution is 2.49. The fourth-order valence-electron chi connectivity index (χ4n) is 3.69. The zero-order valence-electron chi connectivity index (χ0n) is 13.6. The van der Waals surface area contributed by atoms with Crippen LogP contribution in [0.2, 0.25) is 0 Å². The van der Waals surface area contributed by atoms with E-state index < -0.39 is 0 Å². The summed E-state index contributed by atoms with van der Waals surface area (Å²) < 4.78 is 18.9. The molecule has 2 aromatic rings. The Morgan fingerprint density at radius 1 is 1.38 bits per heavy atom. The number of hydrogen-bond donors (Lipinski definition) is 0. The van der Waals surface area contributed by atoms with Gasteiger partial charge >= 0.3 is 0 Å². The van der Waals surface area contributed by atoms with Gasteiger partial charge in [-0.15, -0.1) is 0 Å². The highest BCUT2D eigenvalue weighted by atomic mass is 19.1. The third-order valence-electron chi connectivity index (χ3n) is 5.05. The van der Waals surface area contributed by atoms with Crippen LogP contribution in [0.3, 0.4) is 0 Å². The van der Waals surface area contributed by atoms with Crippen LogP contribution in [0.1, 0.15) is 48.4 Å². The number of amides is 1. The molecule has 0 radical (unpaired) electrons. The van der Waals surface area contributed by atoms with Crippen molar-refractivity contribution in [1.82, 2.24) is 15.0 Å². The Morgan fingerprint density at radius 3 is 2.96 bits per heavy atom. The first kappa shape index (κ1) is 15.3. The van der Waals surface area contributed by atoms with E-state index in [2.05, 4.69) is 10.1 Å². The van der Waals surface area contributed by atoms with Gasteiger partial charge < -0.3 is 9.42 Å². The van der Waals surface area contributed by atoms with Crippen LogP contribution in [0.4, 0.5) is 4.39 Å². The summed E-state index contributed by atoms with van der Waals surface area (Å²) in [5.41, 5.74) is 0.665. The maximum absolute atomic E-state index is 13.9. The van der Waals surface area contributed by atoms with Crippen LogP contribution in [0.5, 0.6) is 0 Å². The minimum absolute atomic E-state index is 0.0199. The van der Waals surface area contributed by atoms with Crippen LogP contribution in [-0.2, 0) is 4.79 Å². The van der Waals surface area contributed by atoms with Crippen molar-refractivity contribution in [1.29, 1.82) is 0 Å². The van der Waals surface area contributed by atoms with Gasteiger partial charge in [-0.1, -0.05) is 23.4 Å². The predicted octanol–water partition coefficient (Wildman–Crippen LogP) is 3.03. The number of hydrogen-bond acceptors (Lipinski definition) is 4. The van der Waals surface area contributed by atoms with Gasteiger partial charge in [-0.25, -0.2) is 4.39 Å². The van der Waals surface area contributed by atoms with Crippen molar-refractivity contribution < 1.29 is 13.7 Å². The molecule has 1 saturated heterocycles. The maximum atomic E-state index is 13.9. The molecule has 6 heteroatoms. The summed E-state index contributed by atoms with van der Waals surface area (Å²) in [6.07, 6.45) is 2.63. The van der Waals surface area contributed by atoms with Crippen molar-refractivity contribution in [3.05, 3.63) is 47.4 Å². The van der Waals surface area contributed by atoms with Crippen molar-refractivity contribution >= 4 is 5.91 Å². The summed E-state index contributed by atoms with van der Waals surface area (Å²) in [6, 6.07) is 6.76. The van der Waals surface area contributed by atoms with Crippen LogP contribution < -0.4 is 0 Å². The second kappa shape index (κ2) is 6.00. The van der Waals surface area contributed by atoms with E-state index in [0.717, 1.165) is 25.8 Å². The molecule has 1 aliphatic carbocycles. The maximum Gasteiger partial charge on any atom is 0.226 e. The molecule has 24 heavy (non-hydrogen) atoms. The first-order chi connectivity index (χ1) is 11.6. The van der Waals surface area contributed by atoms with Crippen LogP contribution in [-0.4, -0.2) is 34.0 Å². The average molecular weight is 329 g/mol. The lowest BCUT2D eigenvalue weighted by molar-refractivity contribution is -0.133. The van der Waals surface area contributed by atoms with E-state index in [1.54, 1.807) is 19.1 Å². The molecule has 0 bridgehead atoms. The highest BCUT2D eigenvalue weighted by molar-refractivity contribution is 5.83. The summed E-state index contributed by atoms with van der Waals surface area (Å²) >= 11 is 0. The van der Waals surface area contributed by atoms with Crippen molar-refractivity contribution in [2.45, 2.75) is 38.0 Å². The van der Waals surface area contributed by atoms with E-state index in [1.807, 2.05) is 11.0 Å². The topological polar surface area (TPSA) is 59.2 Å². The fourth-order valence-corrected chi connectivity index (χ4v) is 3.69. The molecule has 1 aromatic carbocycles. The molecule has 0 N–H and O–H groups in total. The third-order valence-corrected chi connectivity index (χ3v) is 5.05. The van der Waals surface area contributed by atoms with Gasteiger partial charge in [-0.2, -0.15) is 4.98 Å². The number of halogens is 1. The smallest absolute Gasteiger partial charge is 0.226 e. The number of rotatable bonds is 3. The number of carbonyl (C=O) groups excluding carboxylic acids is 1. The van der Waals surface area contributed by atoms with Gasteiger partial charge in [0.15, 0.2) is 5.82 Å². The molecule has 0 unspecified atom stereocenters. The Bertz CT molecular complexity index is 760. The van der Waals surface area contributed by atoms with Gasteiger partial charge in [-0.05, 0) is 36.8 Å². The number of aromatic nitrogens is 2. The van der Waals surface area contributed by atoms with Gasteiger partial charge in [0.1, 0.15) is 5.82 Å². The molecular formula is C18H20FN3O2. The van der Waals surface area contributed by atoms with Gasteiger partial charge in [0, 0.05) is 31.8 Å². The Labute approximate surface area is 139 Å². The zero-order chi connectivity index (χ0) is 16.7. The largest absolute Gasteiger partial charge is 0.342 e. The number of carbonyl (C=O) groups is 1. The Morgan fingerprint density at radius 2 is 2.21 bits per heavy atom. The van der Waals surface area contributed by atoms with Crippen LogP contribution in [0, 0.1) is 18.7 Å². The molecule has 2 aliphatic rings. The third kappa shape index (κ3) is 2.81. The second-order valence-corrected chi connectivity index (χ2v) is 6.77. The van der Waals surface area contributed by atoms with Crippen molar-refractivity contribution in [3.63, 3.8) is 0 Å². The van der Waals surface area contributed by atoms with E-state index >= 15 is 0 Å². The molecule has 2 heterocycles. The monoisotopic (exact) mass is 329 g/mol. The molecule has 1 aromatic heterocycles. The molecule has 1 amide bonds. The number of aryl methyl sites for hydroxylation is 1. The summed E-state index contributed by atoms with van der Waals surface area (Å²) in [5, 5.41) is 3.99. The molecule has 126 valence electrons. The molecule has 5 nitrogen and oxygen atoms in total. The standard InChI is InChI=1S/C18H20FN3O2/c1-11-20-17(21-24-11)12-5-4-8-22(10-12)18(23)15-9-14(15)13-6-2-3-7-16(13)19/h2-3,6-7,12,14-15H,4-5,8-10H2,1H3/t12-,14-,15+/m1/s1. The lowest BCUT2D eigenvalue weighted by Gasteiger charge is -2.31. The molecular weight excluding hydrogens is 309 g/mol. The first-order valence-electron chi connectivity index (χ1n) is 8.47. The van der Waals surface area contributed by atoms with Crippen LogP contribution >= 0.6 is 0 Å². The molecule has 3 atom stereocenters.